The molecule has 3 aliphatic rings. The number of fused-ring (bicyclic) bond motifs is 3. The van der Waals surface area contributed by atoms with Gasteiger partial charge >= 0.3 is 0 Å². The maximum absolute atomic E-state index is 11.8. The normalized spacial score (nSPS) is 27.0. The van der Waals surface area contributed by atoms with E-state index in [4.69, 9.17) is 10.2 Å². The monoisotopic (exact) mass is 297 g/mol. The molecule has 2 aromatic rings. The highest BCUT2D eigenvalue weighted by molar-refractivity contribution is 5.92. The number of pyridine rings is 1. The van der Waals surface area contributed by atoms with Gasteiger partial charge in [-0.05, 0) is 50.0 Å². The van der Waals surface area contributed by atoms with E-state index in [0.29, 0.717) is 23.4 Å². The molecule has 5 heteroatoms. The van der Waals surface area contributed by atoms with Crippen LogP contribution < -0.4 is 5.73 Å². The fourth-order valence-corrected chi connectivity index (χ4v) is 3.83. The number of aromatic nitrogens is 1. The van der Waals surface area contributed by atoms with E-state index in [9.17, 15) is 4.79 Å². The Morgan fingerprint density at radius 1 is 1.32 bits per heavy atom. The summed E-state index contributed by atoms with van der Waals surface area (Å²) in [6, 6.07) is 7.61. The smallest absolute Gasteiger partial charge is 0.284 e. The van der Waals surface area contributed by atoms with E-state index in [1.807, 2.05) is 24.3 Å². The van der Waals surface area contributed by atoms with Crippen molar-refractivity contribution in [3.8, 4) is 11.5 Å². The fourth-order valence-electron chi connectivity index (χ4n) is 3.83. The number of nitrogens with zero attached hydrogens (tertiary/aromatic N) is 2. The van der Waals surface area contributed by atoms with E-state index in [1.165, 1.54) is 12.8 Å². The maximum atomic E-state index is 11.8. The molecule has 0 aromatic carbocycles. The van der Waals surface area contributed by atoms with Crippen molar-refractivity contribution >= 4 is 5.91 Å². The molecule has 2 bridgehead atoms. The number of carbonyl (C=O) groups is 1. The minimum atomic E-state index is -0.492. The second kappa shape index (κ2) is 5.25. The lowest BCUT2D eigenvalue weighted by Gasteiger charge is -2.44. The quantitative estimate of drug-likeness (QED) is 0.943. The molecule has 1 atom stereocenters. The molecule has 0 saturated carbocycles. The van der Waals surface area contributed by atoms with Crippen LogP contribution in [0.3, 0.4) is 0 Å². The van der Waals surface area contributed by atoms with E-state index < -0.39 is 5.91 Å². The topological polar surface area (TPSA) is 72.4 Å². The molecule has 3 aliphatic heterocycles. The predicted octanol–water partition coefficient (Wildman–Crippen LogP) is 2.25. The number of hydrogen-bond donors (Lipinski definition) is 1. The fraction of sp³-hybridized carbons (Fsp3) is 0.412. The number of rotatable bonds is 3. The molecule has 2 N–H and O–H groups in total. The Morgan fingerprint density at radius 3 is 2.73 bits per heavy atom. The molecule has 1 unspecified atom stereocenters. The third kappa shape index (κ3) is 2.22. The Balaban J connectivity index is 1.75. The number of carbonyl (C=O) groups excluding carboxylic acids is 1. The number of hydrogen-bond acceptors (Lipinski definition) is 4. The number of nitrogens with two attached hydrogens (primary N) is 1. The molecule has 2 aromatic heterocycles. The molecule has 0 radical (unpaired) electrons. The van der Waals surface area contributed by atoms with Crippen LogP contribution in [0.1, 0.15) is 34.9 Å². The van der Waals surface area contributed by atoms with Gasteiger partial charge in [0, 0.05) is 24.2 Å². The van der Waals surface area contributed by atoms with E-state index in [2.05, 4.69) is 9.88 Å². The summed E-state index contributed by atoms with van der Waals surface area (Å²) in [4.78, 5) is 18.6. The average Bonchev–Trinajstić information content (AvgIpc) is 3.02. The summed E-state index contributed by atoms with van der Waals surface area (Å²) < 4.78 is 5.77. The van der Waals surface area contributed by atoms with Gasteiger partial charge in [0.2, 0.25) is 0 Å². The minimum Gasteiger partial charge on any atom is -0.449 e. The zero-order valence-electron chi connectivity index (χ0n) is 12.4. The Hall–Kier alpha value is -2.14. The standard InChI is InChI=1S/C17H19N3O2/c18-17(21)16-12(13-10-20-7-4-11(13)5-8-20)9-15(22-16)14-3-1-2-6-19-14/h1-3,6,9,11,13H,4-5,7-8,10H2,(H2,18,21). The third-order valence-corrected chi connectivity index (χ3v) is 4.96. The number of furan rings is 1. The van der Waals surface area contributed by atoms with E-state index in [0.717, 1.165) is 30.9 Å². The highest BCUT2D eigenvalue weighted by atomic mass is 16.4. The van der Waals surface area contributed by atoms with Crippen LogP contribution in [0.5, 0.6) is 0 Å². The molecule has 5 rings (SSSR count). The molecule has 1 amide bonds. The van der Waals surface area contributed by atoms with Crippen LogP contribution in [0.15, 0.2) is 34.9 Å². The molecular formula is C17H19N3O2. The van der Waals surface area contributed by atoms with Crippen molar-refractivity contribution < 1.29 is 9.21 Å². The molecule has 3 saturated heterocycles. The van der Waals surface area contributed by atoms with Gasteiger partial charge in [0.25, 0.3) is 5.91 Å². The molecule has 0 aliphatic carbocycles. The number of piperidine rings is 3. The maximum Gasteiger partial charge on any atom is 0.284 e. The SMILES string of the molecule is NC(=O)c1oc(-c2ccccn2)cc1C1CN2CCC1CC2. The molecule has 5 heterocycles. The molecule has 5 nitrogen and oxygen atoms in total. The van der Waals surface area contributed by atoms with Crippen LogP contribution in [0.4, 0.5) is 0 Å². The second-order valence-electron chi connectivity index (χ2n) is 6.22. The van der Waals surface area contributed by atoms with E-state index in [1.54, 1.807) is 6.20 Å². The molecular weight excluding hydrogens is 278 g/mol. The lowest BCUT2D eigenvalue weighted by atomic mass is 9.75. The molecule has 3 fully saturated rings. The minimum absolute atomic E-state index is 0.305. The van der Waals surface area contributed by atoms with Crippen LogP contribution in [-0.2, 0) is 0 Å². The first kappa shape index (κ1) is 13.5. The van der Waals surface area contributed by atoms with Crippen LogP contribution in [0.25, 0.3) is 11.5 Å². The van der Waals surface area contributed by atoms with Crippen LogP contribution in [-0.4, -0.2) is 35.4 Å². The van der Waals surface area contributed by atoms with Gasteiger partial charge < -0.3 is 15.1 Å². The van der Waals surface area contributed by atoms with Crippen molar-refractivity contribution in [1.82, 2.24) is 9.88 Å². The number of amides is 1. The predicted molar refractivity (Wildman–Crippen MR) is 82.4 cm³/mol. The van der Waals surface area contributed by atoms with E-state index in [-0.39, 0.29) is 0 Å². The van der Waals surface area contributed by atoms with Gasteiger partial charge in [-0.1, -0.05) is 6.07 Å². The van der Waals surface area contributed by atoms with Crippen molar-refractivity contribution in [3.63, 3.8) is 0 Å². The summed E-state index contributed by atoms with van der Waals surface area (Å²) in [6.07, 6.45) is 4.09. The van der Waals surface area contributed by atoms with Crippen molar-refractivity contribution in [2.45, 2.75) is 18.8 Å². The average molecular weight is 297 g/mol. The summed E-state index contributed by atoms with van der Waals surface area (Å²) in [6.45, 7) is 3.32. The second-order valence-corrected chi connectivity index (χ2v) is 6.22. The highest BCUT2D eigenvalue weighted by Crippen LogP contribution is 2.42. The van der Waals surface area contributed by atoms with Crippen LogP contribution in [0, 0.1) is 5.92 Å². The zero-order chi connectivity index (χ0) is 15.1. The van der Waals surface area contributed by atoms with Crippen LogP contribution in [0.2, 0.25) is 0 Å². The first-order valence-corrected chi connectivity index (χ1v) is 7.79. The largest absolute Gasteiger partial charge is 0.449 e. The highest BCUT2D eigenvalue weighted by Gasteiger charge is 2.38. The summed E-state index contributed by atoms with van der Waals surface area (Å²) >= 11 is 0. The van der Waals surface area contributed by atoms with Crippen molar-refractivity contribution in [3.05, 3.63) is 41.8 Å². The Bertz CT molecular complexity index is 687. The first-order chi connectivity index (χ1) is 10.7. The summed E-state index contributed by atoms with van der Waals surface area (Å²) in [5, 5.41) is 0. The Kier molecular flexibility index (Phi) is 3.22. The van der Waals surface area contributed by atoms with Gasteiger partial charge in [0.05, 0.1) is 0 Å². The van der Waals surface area contributed by atoms with Crippen molar-refractivity contribution in [2.24, 2.45) is 11.7 Å². The Labute approximate surface area is 129 Å². The Morgan fingerprint density at radius 2 is 2.14 bits per heavy atom. The van der Waals surface area contributed by atoms with E-state index >= 15 is 0 Å². The summed E-state index contributed by atoms with van der Waals surface area (Å²) in [5.41, 5.74) is 7.24. The molecule has 0 spiro atoms. The van der Waals surface area contributed by atoms with Gasteiger partial charge in [-0.15, -0.1) is 0 Å². The van der Waals surface area contributed by atoms with Crippen molar-refractivity contribution in [1.29, 1.82) is 0 Å². The molecule has 114 valence electrons. The third-order valence-electron chi connectivity index (χ3n) is 4.96. The van der Waals surface area contributed by atoms with Gasteiger partial charge in [-0.3, -0.25) is 9.78 Å². The van der Waals surface area contributed by atoms with Gasteiger partial charge in [0.1, 0.15) is 5.69 Å². The lowest BCUT2D eigenvalue weighted by molar-refractivity contribution is 0.0845. The summed E-state index contributed by atoms with van der Waals surface area (Å²) in [7, 11) is 0. The van der Waals surface area contributed by atoms with Gasteiger partial charge in [-0.2, -0.15) is 0 Å². The zero-order valence-corrected chi connectivity index (χ0v) is 12.4. The lowest BCUT2D eigenvalue weighted by Crippen LogP contribution is -2.46. The molecule has 22 heavy (non-hydrogen) atoms. The number of primary amides is 1. The van der Waals surface area contributed by atoms with Crippen LogP contribution >= 0.6 is 0 Å². The van der Waals surface area contributed by atoms with Crippen molar-refractivity contribution in [2.75, 3.05) is 19.6 Å². The summed E-state index contributed by atoms with van der Waals surface area (Å²) in [5.74, 6) is 1.40. The van der Waals surface area contributed by atoms with Gasteiger partial charge in [-0.25, -0.2) is 0 Å². The van der Waals surface area contributed by atoms with Gasteiger partial charge in [0.15, 0.2) is 11.5 Å². The first-order valence-electron chi connectivity index (χ1n) is 7.79.